The number of carbonyl (C=O) groups excluding carboxylic acids is 1. The molecule has 2 heterocycles. The molecular formula is C19H19F2N3O2. The zero-order valence-corrected chi connectivity index (χ0v) is 14.8. The number of fused-ring (bicyclic) bond motifs is 1. The Morgan fingerprint density at radius 3 is 2.65 bits per heavy atom. The van der Waals surface area contributed by atoms with E-state index in [9.17, 15) is 13.6 Å². The van der Waals surface area contributed by atoms with Crippen molar-refractivity contribution in [3.05, 3.63) is 58.5 Å². The van der Waals surface area contributed by atoms with E-state index >= 15 is 0 Å². The monoisotopic (exact) mass is 359 g/mol. The molecular weight excluding hydrogens is 340 g/mol. The van der Waals surface area contributed by atoms with Gasteiger partial charge in [0.15, 0.2) is 5.58 Å². The first-order valence-corrected chi connectivity index (χ1v) is 8.11. The van der Waals surface area contributed by atoms with E-state index in [0.717, 1.165) is 24.2 Å². The third kappa shape index (κ3) is 3.30. The van der Waals surface area contributed by atoms with E-state index in [4.69, 9.17) is 10.2 Å². The van der Waals surface area contributed by atoms with Crippen LogP contribution in [0.2, 0.25) is 0 Å². The second-order valence-corrected chi connectivity index (χ2v) is 6.42. The number of furan rings is 1. The van der Waals surface area contributed by atoms with Gasteiger partial charge in [0.1, 0.15) is 28.6 Å². The van der Waals surface area contributed by atoms with E-state index in [2.05, 4.69) is 4.98 Å². The number of anilines is 1. The van der Waals surface area contributed by atoms with Gasteiger partial charge in [-0.05, 0) is 39.6 Å². The Balaban J connectivity index is 2.09. The molecule has 0 spiro atoms. The second-order valence-electron chi connectivity index (χ2n) is 6.42. The van der Waals surface area contributed by atoms with Gasteiger partial charge in [-0.3, -0.25) is 4.79 Å². The van der Waals surface area contributed by atoms with Crippen LogP contribution in [-0.4, -0.2) is 36.3 Å². The van der Waals surface area contributed by atoms with Gasteiger partial charge >= 0.3 is 0 Å². The first-order valence-electron chi connectivity index (χ1n) is 8.11. The molecule has 0 bridgehead atoms. The number of nitrogens with zero attached hydrogens (tertiary/aromatic N) is 2. The number of halogens is 2. The molecule has 2 aromatic heterocycles. The van der Waals surface area contributed by atoms with Gasteiger partial charge in [-0.1, -0.05) is 0 Å². The molecule has 0 aliphatic rings. The Labute approximate surface area is 149 Å². The topological polar surface area (TPSA) is 72.4 Å². The highest BCUT2D eigenvalue weighted by Gasteiger charge is 2.22. The Morgan fingerprint density at radius 2 is 2.00 bits per heavy atom. The third-order valence-electron chi connectivity index (χ3n) is 4.19. The Kier molecular flexibility index (Phi) is 4.73. The molecule has 0 unspecified atom stereocenters. The minimum Gasteiger partial charge on any atom is -0.459 e. The summed E-state index contributed by atoms with van der Waals surface area (Å²) in [4.78, 5) is 19.1. The summed E-state index contributed by atoms with van der Waals surface area (Å²) in [6.45, 7) is 2.60. The largest absolute Gasteiger partial charge is 0.459 e. The molecule has 3 rings (SSSR count). The maximum absolute atomic E-state index is 14.0. The van der Waals surface area contributed by atoms with Crippen molar-refractivity contribution in [3.8, 4) is 0 Å². The average Bonchev–Trinajstić information content (AvgIpc) is 2.85. The molecule has 2 N–H and O–H groups in total. The van der Waals surface area contributed by atoms with Crippen molar-refractivity contribution in [2.75, 3.05) is 26.4 Å². The predicted octanol–water partition coefficient (Wildman–Crippen LogP) is 3.33. The van der Waals surface area contributed by atoms with E-state index in [1.54, 1.807) is 0 Å². The van der Waals surface area contributed by atoms with Gasteiger partial charge in [-0.15, -0.1) is 0 Å². The molecule has 0 amide bonds. The van der Waals surface area contributed by atoms with Gasteiger partial charge in [0.05, 0.1) is 11.3 Å². The maximum atomic E-state index is 14.0. The number of aromatic nitrogens is 1. The number of aryl methyl sites for hydroxylation is 1. The summed E-state index contributed by atoms with van der Waals surface area (Å²) in [6, 6.07) is 4.29. The lowest BCUT2D eigenvalue weighted by Crippen LogP contribution is -2.15. The summed E-state index contributed by atoms with van der Waals surface area (Å²) in [5.41, 5.74) is 7.55. The summed E-state index contributed by atoms with van der Waals surface area (Å²) in [5, 5.41) is 0. The fourth-order valence-electron chi connectivity index (χ4n) is 2.81. The van der Waals surface area contributed by atoms with Crippen molar-refractivity contribution in [2.24, 2.45) is 0 Å². The summed E-state index contributed by atoms with van der Waals surface area (Å²) < 4.78 is 32.8. The van der Waals surface area contributed by atoms with Crippen LogP contribution in [0.15, 0.2) is 28.7 Å². The number of pyridine rings is 1. The minimum atomic E-state index is -0.951. The first-order chi connectivity index (χ1) is 12.3. The Hall–Kier alpha value is -2.80. The van der Waals surface area contributed by atoms with E-state index < -0.39 is 17.4 Å². The standard InChI is InChI=1S/C19H19F2N3O2/c1-10-12(6-7-24(2)3)17-16(26-10)9-15(22)18(23-17)19(25)13-5-4-11(20)8-14(13)21/h4-5,8-9H,6-7,22H2,1-3H3. The second kappa shape index (κ2) is 6.84. The maximum Gasteiger partial charge on any atom is 0.216 e. The molecule has 0 saturated carbocycles. The molecule has 1 aromatic carbocycles. The van der Waals surface area contributed by atoms with E-state index in [-0.39, 0.29) is 16.9 Å². The molecule has 0 fully saturated rings. The molecule has 7 heteroatoms. The summed E-state index contributed by atoms with van der Waals surface area (Å²) in [7, 11) is 3.91. The van der Waals surface area contributed by atoms with Crippen LogP contribution in [0, 0.1) is 18.6 Å². The molecule has 136 valence electrons. The zero-order valence-electron chi connectivity index (χ0n) is 14.8. The lowest BCUT2D eigenvalue weighted by Gasteiger charge is -2.09. The number of benzene rings is 1. The Morgan fingerprint density at radius 1 is 1.27 bits per heavy atom. The zero-order chi connectivity index (χ0) is 19.0. The lowest BCUT2D eigenvalue weighted by molar-refractivity contribution is 0.103. The van der Waals surface area contributed by atoms with Gasteiger partial charge in [-0.25, -0.2) is 13.8 Å². The summed E-state index contributed by atoms with van der Waals surface area (Å²) >= 11 is 0. The lowest BCUT2D eigenvalue weighted by atomic mass is 10.0. The molecule has 5 nitrogen and oxygen atoms in total. The van der Waals surface area contributed by atoms with Crippen LogP contribution in [0.5, 0.6) is 0 Å². The molecule has 0 aliphatic carbocycles. The Bertz CT molecular complexity index is 996. The van der Waals surface area contributed by atoms with Crippen LogP contribution in [0.25, 0.3) is 11.1 Å². The van der Waals surface area contributed by atoms with Gasteiger partial charge in [0.2, 0.25) is 5.78 Å². The van der Waals surface area contributed by atoms with Crippen molar-refractivity contribution in [1.82, 2.24) is 9.88 Å². The average molecular weight is 359 g/mol. The van der Waals surface area contributed by atoms with E-state index in [1.807, 2.05) is 25.9 Å². The van der Waals surface area contributed by atoms with Crippen LogP contribution in [0.1, 0.15) is 27.4 Å². The van der Waals surface area contributed by atoms with Crippen molar-refractivity contribution in [1.29, 1.82) is 0 Å². The van der Waals surface area contributed by atoms with Crippen molar-refractivity contribution < 1.29 is 18.0 Å². The predicted molar refractivity (Wildman–Crippen MR) is 95.2 cm³/mol. The van der Waals surface area contributed by atoms with Crippen molar-refractivity contribution in [2.45, 2.75) is 13.3 Å². The highest BCUT2D eigenvalue weighted by molar-refractivity contribution is 6.12. The van der Waals surface area contributed by atoms with Gasteiger partial charge in [0, 0.05) is 24.2 Å². The van der Waals surface area contributed by atoms with Crippen LogP contribution in [-0.2, 0) is 6.42 Å². The molecule has 26 heavy (non-hydrogen) atoms. The molecule has 0 atom stereocenters. The number of hydrogen-bond donors (Lipinski definition) is 1. The van der Waals surface area contributed by atoms with Crippen LogP contribution in [0.3, 0.4) is 0 Å². The molecule has 0 saturated heterocycles. The van der Waals surface area contributed by atoms with E-state index in [0.29, 0.717) is 29.3 Å². The van der Waals surface area contributed by atoms with Crippen LogP contribution >= 0.6 is 0 Å². The normalized spacial score (nSPS) is 11.5. The van der Waals surface area contributed by atoms with Gasteiger partial charge < -0.3 is 15.1 Å². The first kappa shape index (κ1) is 18.0. The molecule has 3 aromatic rings. The number of nitrogens with two attached hydrogens (primary N) is 1. The molecule has 0 radical (unpaired) electrons. The SMILES string of the molecule is Cc1oc2cc(N)c(C(=O)c3ccc(F)cc3F)nc2c1CCN(C)C. The highest BCUT2D eigenvalue weighted by Crippen LogP contribution is 2.29. The fraction of sp³-hybridized carbons (Fsp3) is 0.263. The number of nitrogen functional groups attached to an aromatic ring is 1. The van der Waals surface area contributed by atoms with Crippen LogP contribution < -0.4 is 5.73 Å². The summed E-state index contributed by atoms with van der Waals surface area (Å²) in [6.07, 6.45) is 0.682. The quantitative estimate of drug-likeness (QED) is 0.708. The number of likely N-dealkylation sites (N-methyl/N-ethyl adjacent to an activating group) is 1. The van der Waals surface area contributed by atoms with Crippen molar-refractivity contribution in [3.63, 3.8) is 0 Å². The third-order valence-corrected chi connectivity index (χ3v) is 4.19. The summed E-state index contributed by atoms with van der Waals surface area (Å²) in [5.74, 6) is -1.70. The van der Waals surface area contributed by atoms with Crippen LogP contribution in [0.4, 0.5) is 14.5 Å². The highest BCUT2D eigenvalue weighted by atomic mass is 19.1. The van der Waals surface area contributed by atoms with Gasteiger partial charge in [0.25, 0.3) is 0 Å². The number of carbonyl (C=O) groups is 1. The number of rotatable bonds is 5. The van der Waals surface area contributed by atoms with Crippen molar-refractivity contribution >= 4 is 22.6 Å². The van der Waals surface area contributed by atoms with E-state index in [1.165, 1.54) is 6.07 Å². The number of hydrogen-bond acceptors (Lipinski definition) is 5. The van der Waals surface area contributed by atoms with Gasteiger partial charge in [-0.2, -0.15) is 0 Å². The molecule has 0 aliphatic heterocycles. The minimum absolute atomic E-state index is 0.0742. The number of ketones is 1. The smallest absolute Gasteiger partial charge is 0.216 e. The fourth-order valence-corrected chi connectivity index (χ4v) is 2.81.